The Kier molecular flexibility index (Phi) is 4.49. The summed E-state index contributed by atoms with van der Waals surface area (Å²) >= 11 is 0. The summed E-state index contributed by atoms with van der Waals surface area (Å²) in [7, 11) is 0. The number of aromatic nitrogens is 2. The molecule has 0 saturated heterocycles. The second-order valence-electron chi connectivity index (χ2n) is 7.76. The Bertz CT molecular complexity index is 1030. The summed E-state index contributed by atoms with van der Waals surface area (Å²) in [5.41, 5.74) is 7.90. The summed E-state index contributed by atoms with van der Waals surface area (Å²) in [6, 6.07) is 15.4. The Morgan fingerprint density at radius 2 is 2.04 bits per heavy atom. The Morgan fingerprint density at radius 1 is 1.11 bits per heavy atom. The molecule has 1 N–H and O–H groups in total. The van der Waals surface area contributed by atoms with Gasteiger partial charge in [-0.1, -0.05) is 36.4 Å². The van der Waals surface area contributed by atoms with Gasteiger partial charge in [-0.25, -0.2) is 4.98 Å². The highest BCUT2D eigenvalue weighted by Crippen LogP contribution is 2.33. The zero-order chi connectivity index (χ0) is 18.9. The Morgan fingerprint density at radius 3 is 2.93 bits per heavy atom. The molecular formula is C24H25N3O. The van der Waals surface area contributed by atoms with Crippen molar-refractivity contribution in [2.24, 2.45) is 0 Å². The SMILES string of the molecule is Cc1cnc(CN2CCOc3ccc(C4=Cc5ccccc5CC4)cc3C2)[nH]1. The molecule has 3 aromatic rings. The number of nitrogens with zero attached hydrogens (tertiary/aromatic N) is 2. The van der Waals surface area contributed by atoms with Crippen molar-refractivity contribution in [3.8, 4) is 5.75 Å². The van der Waals surface area contributed by atoms with Crippen LogP contribution in [-0.2, 0) is 19.5 Å². The number of nitrogens with one attached hydrogen (secondary N) is 1. The van der Waals surface area contributed by atoms with Crippen LogP contribution in [0.5, 0.6) is 5.75 Å². The van der Waals surface area contributed by atoms with Crippen molar-refractivity contribution in [2.75, 3.05) is 13.2 Å². The molecule has 5 rings (SSSR count). The smallest absolute Gasteiger partial charge is 0.123 e. The molecule has 0 radical (unpaired) electrons. The molecule has 2 aromatic carbocycles. The van der Waals surface area contributed by atoms with Gasteiger partial charge >= 0.3 is 0 Å². The summed E-state index contributed by atoms with van der Waals surface area (Å²) in [6.45, 7) is 5.35. The Balaban J connectivity index is 1.41. The van der Waals surface area contributed by atoms with E-state index in [-0.39, 0.29) is 0 Å². The molecule has 2 heterocycles. The highest BCUT2D eigenvalue weighted by molar-refractivity contribution is 5.84. The molecule has 0 spiro atoms. The monoisotopic (exact) mass is 371 g/mol. The van der Waals surface area contributed by atoms with Crippen molar-refractivity contribution in [2.45, 2.75) is 32.9 Å². The third kappa shape index (κ3) is 3.48. The van der Waals surface area contributed by atoms with Gasteiger partial charge in [-0.3, -0.25) is 4.90 Å². The van der Waals surface area contributed by atoms with E-state index in [0.29, 0.717) is 6.61 Å². The normalized spacial score (nSPS) is 16.5. The van der Waals surface area contributed by atoms with Gasteiger partial charge in [-0.2, -0.15) is 0 Å². The summed E-state index contributed by atoms with van der Waals surface area (Å²) in [5, 5.41) is 0. The number of rotatable bonds is 3. The Hall–Kier alpha value is -2.85. The third-order valence-corrected chi connectivity index (χ3v) is 5.67. The van der Waals surface area contributed by atoms with E-state index in [1.807, 2.05) is 13.1 Å². The topological polar surface area (TPSA) is 41.2 Å². The largest absolute Gasteiger partial charge is 0.492 e. The number of hydrogen-bond acceptors (Lipinski definition) is 3. The van der Waals surface area contributed by atoms with E-state index in [0.717, 1.165) is 49.7 Å². The lowest BCUT2D eigenvalue weighted by Gasteiger charge is -2.19. The van der Waals surface area contributed by atoms with Gasteiger partial charge in [0.1, 0.15) is 18.2 Å². The van der Waals surface area contributed by atoms with Crippen molar-refractivity contribution in [3.05, 3.63) is 82.4 Å². The van der Waals surface area contributed by atoms with Crippen LogP contribution in [-0.4, -0.2) is 28.0 Å². The van der Waals surface area contributed by atoms with Crippen LogP contribution in [0.4, 0.5) is 0 Å². The summed E-state index contributed by atoms with van der Waals surface area (Å²) in [6.07, 6.45) is 6.44. The lowest BCUT2D eigenvalue weighted by molar-refractivity contribution is 0.216. The van der Waals surface area contributed by atoms with Crippen LogP contribution in [0.1, 0.15) is 40.2 Å². The number of benzene rings is 2. The van der Waals surface area contributed by atoms with E-state index in [1.165, 1.54) is 27.8 Å². The molecule has 1 aliphatic heterocycles. The number of allylic oxidation sites excluding steroid dienone is 1. The van der Waals surface area contributed by atoms with Gasteiger partial charge in [0.05, 0.1) is 6.54 Å². The number of H-pyrrole nitrogens is 1. The number of fused-ring (bicyclic) bond motifs is 2. The van der Waals surface area contributed by atoms with E-state index in [9.17, 15) is 0 Å². The summed E-state index contributed by atoms with van der Waals surface area (Å²) in [5.74, 6) is 2.03. The fraction of sp³-hybridized carbons (Fsp3) is 0.292. The van der Waals surface area contributed by atoms with Crippen LogP contribution in [0.25, 0.3) is 11.6 Å². The van der Waals surface area contributed by atoms with Crippen LogP contribution in [0.3, 0.4) is 0 Å². The van der Waals surface area contributed by atoms with Crippen molar-refractivity contribution in [3.63, 3.8) is 0 Å². The van der Waals surface area contributed by atoms with Gasteiger partial charge in [0, 0.05) is 30.5 Å². The minimum absolute atomic E-state index is 0.710. The maximum Gasteiger partial charge on any atom is 0.123 e. The van der Waals surface area contributed by atoms with Crippen LogP contribution >= 0.6 is 0 Å². The van der Waals surface area contributed by atoms with Crippen molar-refractivity contribution in [1.29, 1.82) is 0 Å². The fourth-order valence-corrected chi connectivity index (χ4v) is 4.20. The molecule has 0 amide bonds. The van der Waals surface area contributed by atoms with Crippen LogP contribution < -0.4 is 4.74 Å². The number of ether oxygens (including phenoxy) is 1. The molecule has 0 atom stereocenters. The molecule has 1 aromatic heterocycles. The van der Waals surface area contributed by atoms with Gasteiger partial charge in [-0.05, 0) is 54.2 Å². The molecule has 142 valence electrons. The van der Waals surface area contributed by atoms with Gasteiger partial charge in [0.25, 0.3) is 0 Å². The van der Waals surface area contributed by atoms with Gasteiger partial charge in [0.15, 0.2) is 0 Å². The standard InChI is InChI=1S/C24H25N3O/c1-17-14-25-24(26-17)16-27-10-11-28-23-9-8-21(13-22(23)15-27)20-7-6-18-4-2-3-5-19(18)12-20/h2-5,8-9,12-14H,6-7,10-11,15-16H2,1H3,(H,25,26). The van der Waals surface area contributed by atoms with Crippen LogP contribution in [0, 0.1) is 6.92 Å². The molecule has 0 unspecified atom stereocenters. The minimum Gasteiger partial charge on any atom is -0.492 e. The van der Waals surface area contributed by atoms with E-state index < -0.39 is 0 Å². The molecular weight excluding hydrogens is 346 g/mol. The first-order chi connectivity index (χ1) is 13.7. The second-order valence-corrected chi connectivity index (χ2v) is 7.76. The average molecular weight is 371 g/mol. The predicted octanol–water partition coefficient (Wildman–Crippen LogP) is 4.60. The number of hydrogen-bond donors (Lipinski definition) is 1. The van der Waals surface area contributed by atoms with Crippen LogP contribution in [0.15, 0.2) is 48.7 Å². The van der Waals surface area contributed by atoms with Gasteiger partial charge < -0.3 is 9.72 Å². The lowest BCUT2D eigenvalue weighted by atomic mass is 9.88. The highest BCUT2D eigenvalue weighted by Gasteiger charge is 2.19. The van der Waals surface area contributed by atoms with Gasteiger partial charge in [-0.15, -0.1) is 0 Å². The molecule has 4 nitrogen and oxygen atoms in total. The highest BCUT2D eigenvalue weighted by atomic mass is 16.5. The average Bonchev–Trinajstić information content (AvgIpc) is 3.02. The van der Waals surface area contributed by atoms with E-state index in [4.69, 9.17) is 4.74 Å². The molecule has 28 heavy (non-hydrogen) atoms. The number of imidazole rings is 1. The quantitative estimate of drug-likeness (QED) is 0.732. The van der Waals surface area contributed by atoms with Gasteiger partial charge in [0.2, 0.25) is 0 Å². The van der Waals surface area contributed by atoms with E-state index in [1.54, 1.807) is 0 Å². The van der Waals surface area contributed by atoms with Crippen molar-refractivity contribution < 1.29 is 4.74 Å². The molecule has 0 bridgehead atoms. The summed E-state index contributed by atoms with van der Waals surface area (Å²) < 4.78 is 6.03. The van der Waals surface area contributed by atoms with E-state index in [2.05, 4.69) is 63.4 Å². The summed E-state index contributed by atoms with van der Waals surface area (Å²) in [4.78, 5) is 10.2. The zero-order valence-corrected chi connectivity index (χ0v) is 16.2. The zero-order valence-electron chi connectivity index (χ0n) is 16.2. The lowest BCUT2D eigenvalue weighted by Crippen LogP contribution is -2.25. The third-order valence-electron chi connectivity index (χ3n) is 5.67. The second kappa shape index (κ2) is 7.28. The molecule has 1 aliphatic carbocycles. The van der Waals surface area contributed by atoms with Crippen LogP contribution in [0.2, 0.25) is 0 Å². The number of aryl methyl sites for hydroxylation is 2. The number of aromatic amines is 1. The Labute approximate surface area is 165 Å². The maximum atomic E-state index is 6.03. The van der Waals surface area contributed by atoms with E-state index >= 15 is 0 Å². The first-order valence-electron chi connectivity index (χ1n) is 10.0. The molecule has 0 saturated carbocycles. The fourth-order valence-electron chi connectivity index (χ4n) is 4.20. The first-order valence-corrected chi connectivity index (χ1v) is 10.0. The van der Waals surface area contributed by atoms with Crippen molar-refractivity contribution >= 4 is 11.6 Å². The predicted molar refractivity (Wildman–Crippen MR) is 112 cm³/mol. The first kappa shape index (κ1) is 17.3. The molecule has 0 fully saturated rings. The maximum absolute atomic E-state index is 6.03. The molecule has 4 heteroatoms. The minimum atomic E-state index is 0.710. The molecule has 2 aliphatic rings. The van der Waals surface area contributed by atoms with Crippen molar-refractivity contribution in [1.82, 2.24) is 14.9 Å².